The predicted molar refractivity (Wildman–Crippen MR) is 91.9 cm³/mol. The number of nitrogens with one attached hydrogen (secondary N) is 1. The van der Waals surface area contributed by atoms with E-state index >= 15 is 0 Å². The number of piperidine rings is 1. The quantitative estimate of drug-likeness (QED) is 0.879. The molecule has 1 aliphatic rings. The Morgan fingerprint density at radius 3 is 2.85 bits per heavy atom. The topological polar surface area (TPSA) is 50.2 Å². The van der Waals surface area contributed by atoms with Gasteiger partial charge >= 0.3 is 12.2 Å². The fraction of sp³-hybridized carbons (Fsp3) is 0.444. The van der Waals surface area contributed by atoms with E-state index in [9.17, 15) is 18.0 Å². The minimum Gasteiger partial charge on any atom is -0.335 e. The number of benzene rings is 1. The van der Waals surface area contributed by atoms with E-state index < -0.39 is 17.8 Å². The summed E-state index contributed by atoms with van der Waals surface area (Å²) in [7, 11) is 0. The molecule has 1 aromatic carbocycles. The highest BCUT2D eigenvalue weighted by atomic mass is 19.4. The lowest BCUT2D eigenvalue weighted by atomic mass is 9.97. The third kappa shape index (κ3) is 3.84. The predicted octanol–water partition coefficient (Wildman–Crippen LogP) is 4.33. The number of halogens is 3. The number of imidazole rings is 1. The van der Waals surface area contributed by atoms with Gasteiger partial charge in [-0.05, 0) is 31.9 Å². The molecule has 0 spiro atoms. The molecule has 2 aromatic rings. The second-order valence-electron chi connectivity index (χ2n) is 6.33. The zero-order valence-electron chi connectivity index (χ0n) is 14.5. The Balaban J connectivity index is 1.73. The molecule has 1 N–H and O–H groups in total. The van der Waals surface area contributed by atoms with Gasteiger partial charge in [0.2, 0.25) is 0 Å². The molecule has 0 radical (unpaired) electrons. The number of hydrogen-bond donors (Lipinski definition) is 1. The van der Waals surface area contributed by atoms with Crippen LogP contribution in [-0.4, -0.2) is 33.6 Å². The summed E-state index contributed by atoms with van der Waals surface area (Å²) < 4.78 is 41.3. The number of hydrogen-bond acceptors (Lipinski definition) is 2. The van der Waals surface area contributed by atoms with Gasteiger partial charge in [0, 0.05) is 37.9 Å². The van der Waals surface area contributed by atoms with Crippen LogP contribution >= 0.6 is 0 Å². The summed E-state index contributed by atoms with van der Waals surface area (Å²) in [5.74, 6) is 1.00. The molecule has 0 unspecified atom stereocenters. The van der Waals surface area contributed by atoms with Crippen molar-refractivity contribution in [3.8, 4) is 0 Å². The van der Waals surface area contributed by atoms with Crippen LogP contribution in [0, 0.1) is 0 Å². The van der Waals surface area contributed by atoms with Crippen LogP contribution in [0.3, 0.4) is 0 Å². The largest absolute Gasteiger partial charge is 0.418 e. The van der Waals surface area contributed by atoms with E-state index in [0.29, 0.717) is 13.1 Å². The number of carbonyl (C=O) groups is 1. The maximum atomic E-state index is 13.1. The second-order valence-corrected chi connectivity index (χ2v) is 6.33. The number of anilines is 1. The number of aryl methyl sites for hydroxylation is 1. The van der Waals surface area contributed by atoms with Gasteiger partial charge in [-0.1, -0.05) is 12.1 Å². The fourth-order valence-corrected chi connectivity index (χ4v) is 3.35. The number of amides is 2. The van der Waals surface area contributed by atoms with Crippen molar-refractivity contribution >= 4 is 11.7 Å². The third-order valence-electron chi connectivity index (χ3n) is 4.64. The molecule has 8 heteroatoms. The molecule has 1 aromatic heterocycles. The standard InChI is InChI=1S/C18H21F3N4O/c1-2-24-11-9-22-16(24)13-6-5-10-25(12-13)17(26)23-15-8-4-3-7-14(15)18(19,20)21/h3-4,7-9,11,13H,2,5-6,10,12H2,1H3,(H,23,26)/t13-/m0/s1. The van der Waals surface area contributed by atoms with Crippen molar-refractivity contribution in [3.63, 3.8) is 0 Å². The van der Waals surface area contributed by atoms with Gasteiger partial charge in [-0.15, -0.1) is 0 Å². The van der Waals surface area contributed by atoms with Gasteiger partial charge in [0.15, 0.2) is 0 Å². The number of alkyl halides is 3. The van der Waals surface area contributed by atoms with Gasteiger partial charge < -0.3 is 14.8 Å². The van der Waals surface area contributed by atoms with E-state index in [1.165, 1.54) is 18.2 Å². The Hall–Kier alpha value is -2.51. The molecule has 140 valence electrons. The van der Waals surface area contributed by atoms with E-state index in [1.807, 2.05) is 17.7 Å². The normalized spacial score (nSPS) is 18.0. The average molecular weight is 366 g/mol. The number of nitrogens with zero attached hydrogens (tertiary/aromatic N) is 3. The van der Waals surface area contributed by atoms with Crippen LogP contribution in [-0.2, 0) is 12.7 Å². The molecule has 2 amide bonds. The molecule has 1 atom stereocenters. The lowest BCUT2D eigenvalue weighted by Crippen LogP contribution is -2.42. The highest BCUT2D eigenvalue weighted by molar-refractivity contribution is 5.90. The van der Waals surface area contributed by atoms with Crippen LogP contribution in [0.15, 0.2) is 36.7 Å². The zero-order chi connectivity index (χ0) is 18.7. The van der Waals surface area contributed by atoms with Crippen molar-refractivity contribution in [3.05, 3.63) is 48.0 Å². The Bertz CT molecular complexity index is 772. The van der Waals surface area contributed by atoms with Gasteiger partial charge in [-0.3, -0.25) is 0 Å². The number of urea groups is 1. The van der Waals surface area contributed by atoms with Crippen LogP contribution < -0.4 is 5.32 Å². The summed E-state index contributed by atoms with van der Waals surface area (Å²) >= 11 is 0. The summed E-state index contributed by atoms with van der Waals surface area (Å²) in [5.41, 5.74) is -1.06. The summed E-state index contributed by atoms with van der Waals surface area (Å²) in [5, 5.41) is 2.42. The van der Waals surface area contributed by atoms with Crippen molar-refractivity contribution in [2.75, 3.05) is 18.4 Å². The first-order valence-electron chi connectivity index (χ1n) is 8.63. The molecular weight excluding hydrogens is 345 g/mol. The first-order valence-corrected chi connectivity index (χ1v) is 8.63. The van der Waals surface area contributed by atoms with Crippen molar-refractivity contribution < 1.29 is 18.0 Å². The van der Waals surface area contributed by atoms with Gasteiger partial charge in [0.1, 0.15) is 5.82 Å². The van der Waals surface area contributed by atoms with E-state index in [2.05, 4.69) is 10.3 Å². The molecular formula is C18H21F3N4O. The summed E-state index contributed by atoms with van der Waals surface area (Å²) in [4.78, 5) is 18.5. The highest BCUT2D eigenvalue weighted by Crippen LogP contribution is 2.35. The lowest BCUT2D eigenvalue weighted by Gasteiger charge is -2.33. The lowest BCUT2D eigenvalue weighted by molar-refractivity contribution is -0.136. The maximum Gasteiger partial charge on any atom is 0.418 e. The minimum atomic E-state index is -4.51. The highest BCUT2D eigenvalue weighted by Gasteiger charge is 2.34. The maximum absolute atomic E-state index is 13.1. The number of likely N-dealkylation sites (tertiary alicyclic amines) is 1. The fourth-order valence-electron chi connectivity index (χ4n) is 3.35. The van der Waals surface area contributed by atoms with Crippen LogP contribution in [0.25, 0.3) is 0 Å². The second kappa shape index (κ2) is 7.39. The summed E-state index contributed by atoms with van der Waals surface area (Å²) in [6.07, 6.45) is 0.807. The Morgan fingerprint density at radius 1 is 1.35 bits per heavy atom. The van der Waals surface area contributed by atoms with Gasteiger partial charge in [0.25, 0.3) is 0 Å². The van der Waals surface area contributed by atoms with Crippen molar-refractivity contribution in [1.29, 1.82) is 0 Å². The minimum absolute atomic E-state index is 0.0855. The molecule has 0 bridgehead atoms. The van der Waals surface area contributed by atoms with Crippen molar-refractivity contribution in [1.82, 2.24) is 14.5 Å². The first kappa shape index (κ1) is 18.3. The molecule has 3 rings (SSSR count). The number of carbonyl (C=O) groups excluding carboxylic acids is 1. The molecule has 26 heavy (non-hydrogen) atoms. The van der Waals surface area contributed by atoms with Crippen molar-refractivity contribution in [2.45, 2.75) is 38.4 Å². The summed E-state index contributed by atoms with van der Waals surface area (Å²) in [6.45, 7) is 3.77. The summed E-state index contributed by atoms with van der Waals surface area (Å²) in [6, 6.07) is 4.50. The van der Waals surface area contributed by atoms with Gasteiger partial charge in [0.05, 0.1) is 11.3 Å². The van der Waals surface area contributed by atoms with Crippen LogP contribution in [0.5, 0.6) is 0 Å². The van der Waals surface area contributed by atoms with E-state index in [4.69, 9.17) is 0 Å². The van der Waals surface area contributed by atoms with Crippen molar-refractivity contribution in [2.24, 2.45) is 0 Å². The third-order valence-corrected chi connectivity index (χ3v) is 4.64. The smallest absolute Gasteiger partial charge is 0.335 e. The molecule has 1 fully saturated rings. The SMILES string of the molecule is CCn1ccnc1[C@H]1CCCN(C(=O)Nc2ccccc2C(F)(F)F)C1. The molecule has 1 saturated heterocycles. The van der Waals surface area contributed by atoms with Gasteiger partial charge in [-0.2, -0.15) is 13.2 Å². The molecule has 0 aliphatic carbocycles. The number of rotatable bonds is 3. The van der Waals surface area contributed by atoms with Gasteiger partial charge in [-0.25, -0.2) is 9.78 Å². The van der Waals surface area contributed by atoms with E-state index in [-0.39, 0.29) is 11.6 Å². The van der Waals surface area contributed by atoms with Crippen LogP contribution in [0.1, 0.15) is 37.1 Å². The Morgan fingerprint density at radius 2 is 2.12 bits per heavy atom. The zero-order valence-corrected chi connectivity index (χ0v) is 14.5. The molecule has 0 saturated carbocycles. The molecule has 2 heterocycles. The number of para-hydroxylation sites is 1. The van der Waals surface area contributed by atoms with Crippen LogP contribution in [0.2, 0.25) is 0 Å². The monoisotopic (exact) mass is 366 g/mol. The van der Waals surface area contributed by atoms with Crippen LogP contribution in [0.4, 0.5) is 23.7 Å². The molecule has 1 aliphatic heterocycles. The Kier molecular flexibility index (Phi) is 5.20. The van der Waals surface area contributed by atoms with E-state index in [1.54, 1.807) is 11.1 Å². The first-order chi connectivity index (χ1) is 12.4. The Labute approximate surface area is 149 Å². The van der Waals surface area contributed by atoms with E-state index in [0.717, 1.165) is 31.3 Å². The average Bonchev–Trinajstić information content (AvgIpc) is 3.10. The number of aromatic nitrogens is 2. The molecule has 5 nitrogen and oxygen atoms in total.